The molecule has 0 amide bonds. The molecule has 0 atom stereocenters. The monoisotopic (exact) mass is 168 g/mol. The molecule has 1 heterocycles. The third kappa shape index (κ3) is 2.24. The molecule has 1 aliphatic heterocycles. The zero-order chi connectivity index (χ0) is 8.97. The normalized spacial score (nSPS) is 19.7. The van der Waals surface area contributed by atoms with Crippen LogP contribution in [-0.2, 0) is 0 Å². The Balaban J connectivity index is 2.30. The maximum Gasteiger partial charge on any atom is 0.0189 e. The van der Waals surface area contributed by atoms with Crippen molar-refractivity contribution in [1.82, 2.24) is 10.2 Å². The standard InChI is InChI=1S/C10H20N2/c1-4-9(2)12-7-5-10(11-3)6-8-12/h10-11H,2,4-8H2,1,3H3. The highest BCUT2D eigenvalue weighted by Crippen LogP contribution is 2.15. The Morgan fingerprint density at radius 2 is 2.08 bits per heavy atom. The quantitative estimate of drug-likeness (QED) is 0.688. The Bertz CT molecular complexity index is 146. The van der Waals surface area contributed by atoms with Crippen molar-refractivity contribution in [1.29, 1.82) is 0 Å². The van der Waals surface area contributed by atoms with E-state index in [1.54, 1.807) is 0 Å². The molecular weight excluding hydrogens is 148 g/mol. The van der Waals surface area contributed by atoms with Gasteiger partial charge in [0.15, 0.2) is 0 Å². The van der Waals surface area contributed by atoms with E-state index in [4.69, 9.17) is 0 Å². The van der Waals surface area contributed by atoms with Crippen molar-refractivity contribution in [3.8, 4) is 0 Å². The number of nitrogens with zero attached hydrogens (tertiary/aromatic N) is 1. The predicted molar refractivity (Wildman–Crippen MR) is 53.1 cm³/mol. The van der Waals surface area contributed by atoms with Gasteiger partial charge in [-0.1, -0.05) is 13.5 Å². The summed E-state index contributed by atoms with van der Waals surface area (Å²) in [7, 11) is 2.05. The molecule has 0 aromatic carbocycles. The molecule has 1 N–H and O–H groups in total. The van der Waals surface area contributed by atoms with Crippen molar-refractivity contribution in [2.24, 2.45) is 0 Å². The first-order valence-corrected chi connectivity index (χ1v) is 4.88. The fourth-order valence-electron chi connectivity index (χ4n) is 1.71. The molecule has 12 heavy (non-hydrogen) atoms. The Kier molecular flexibility index (Phi) is 3.60. The molecule has 0 aromatic heterocycles. The summed E-state index contributed by atoms with van der Waals surface area (Å²) in [5.74, 6) is 0. The van der Waals surface area contributed by atoms with Crippen LogP contribution in [0.1, 0.15) is 26.2 Å². The van der Waals surface area contributed by atoms with E-state index in [1.807, 2.05) is 0 Å². The first kappa shape index (κ1) is 9.59. The maximum atomic E-state index is 4.05. The van der Waals surface area contributed by atoms with E-state index < -0.39 is 0 Å². The van der Waals surface area contributed by atoms with Gasteiger partial charge in [0.05, 0.1) is 0 Å². The summed E-state index contributed by atoms with van der Waals surface area (Å²) in [5, 5.41) is 3.33. The smallest absolute Gasteiger partial charge is 0.0189 e. The second kappa shape index (κ2) is 4.51. The van der Waals surface area contributed by atoms with E-state index >= 15 is 0 Å². The van der Waals surface area contributed by atoms with E-state index in [0.717, 1.165) is 12.5 Å². The number of rotatable bonds is 3. The lowest BCUT2D eigenvalue weighted by molar-refractivity contribution is 0.244. The minimum absolute atomic E-state index is 0.728. The first-order chi connectivity index (χ1) is 5.77. The third-order valence-electron chi connectivity index (χ3n) is 2.76. The number of nitrogens with one attached hydrogen (secondary N) is 1. The highest BCUT2D eigenvalue weighted by Gasteiger charge is 2.17. The SMILES string of the molecule is C=C(CC)N1CCC(NC)CC1. The average molecular weight is 168 g/mol. The Labute approximate surface area is 75.6 Å². The predicted octanol–water partition coefficient (Wildman–Crippen LogP) is 1.59. The van der Waals surface area contributed by atoms with E-state index in [2.05, 4.69) is 30.8 Å². The van der Waals surface area contributed by atoms with Gasteiger partial charge in [0.25, 0.3) is 0 Å². The van der Waals surface area contributed by atoms with E-state index in [1.165, 1.54) is 31.6 Å². The molecule has 0 bridgehead atoms. The van der Waals surface area contributed by atoms with Crippen molar-refractivity contribution in [2.45, 2.75) is 32.2 Å². The van der Waals surface area contributed by atoms with Crippen molar-refractivity contribution in [3.05, 3.63) is 12.3 Å². The third-order valence-corrected chi connectivity index (χ3v) is 2.76. The Hall–Kier alpha value is -0.500. The van der Waals surface area contributed by atoms with Crippen molar-refractivity contribution in [3.63, 3.8) is 0 Å². The number of hydrogen-bond donors (Lipinski definition) is 1. The molecule has 0 spiro atoms. The molecule has 1 saturated heterocycles. The number of piperidine rings is 1. The zero-order valence-electron chi connectivity index (χ0n) is 8.27. The fraction of sp³-hybridized carbons (Fsp3) is 0.800. The van der Waals surface area contributed by atoms with Crippen molar-refractivity contribution in [2.75, 3.05) is 20.1 Å². The van der Waals surface area contributed by atoms with Gasteiger partial charge in [0.2, 0.25) is 0 Å². The van der Waals surface area contributed by atoms with E-state index in [9.17, 15) is 0 Å². The molecule has 1 fully saturated rings. The molecule has 2 heteroatoms. The van der Waals surface area contributed by atoms with Crippen LogP contribution in [0.25, 0.3) is 0 Å². The van der Waals surface area contributed by atoms with Gasteiger partial charge in [0, 0.05) is 24.8 Å². The van der Waals surface area contributed by atoms with E-state index in [-0.39, 0.29) is 0 Å². The summed E-state index contributed by atoms with van der Waals surface area (Å²) in [6, 6.07) is 0.728. The molecule has 1 rings (SSSR count). The molecular formula is C10H20N2. The molecule has 0 radical (unpaired) electrons. The van der Waals surface area contributed by atoms with Crippen LogP contribution in [0.15, 0.2) is 12.3 Å². The molecule has 1 aliphatic rings. The van der Waals surface area contributed by atoms with Crippen LogP contribution in [0.5, 0.6) is 0 Å². The van der Waals surface area contributed by atoms with Crippen molar-refractivity contribution >= 4 is 0 Å². The van der Waals surface area contributed by atoms with Crippen LogP contribution in [0.3, 0.4) is 0 Å². The summed E-state index contributed by atoms with van der Waals surface area (Å²) in [5.41, 5.74) is 1.30. The molecule has 2 nitrogen and oxygen atoms in total. The van der Waals surface area contributed by atoms with Crippen LogP contribution in [-0.4, -0.2) is 31.1 Å². The zero-order valence-corrected chi connectivity index (χ0v) is 8.27. The largest absolute Gasteiger partial charge is 0.375 e. The van der Waals surface area contributed by atoms with Gasteiger partial charge < -0.3 is 10.2 Å². The number of likely N-dealkylation sites (tertiary alicyclic amines) is 1. The second-order valence-corrected chi connectivity index (χ2v) is 3.47. The second-order valence-electron chi connectivity index (χ2n) is 3.47. The summed E-state index contributed by atoms with van der Waals surface area (Å²) < 4.78 is 0. The average Bonchev–Trinajstić information content (AvgIpc) is 2.17. The minimum Gasteiger partial charge on any atom is -0.375 e. The fourth-order valence-corrected chi connectivity index (χ4v) is 1.71. The van der Waals surface area contributed by atoms with Gasteiger partial charge in [-0.15, -0.1) is 0 Å². The van der Waals surface area contributed by atoms with Gasteiger partial charge in [0.1, 0.15) is 0 Å². The maximum absolute atomic E-state index is 4.05. The molecule has 0 unspecified atom stereocenters. The van der Waals surface area contributed by atoms with Crippen LogP contribution < -0.4 is 5.32 Å². The van der Waals surface area contributed by atoms with Crippen LogP contribution in [0.4, 0.5) is 0 Å². The van der Waals surface area contributed by atoms with Crippen LogP contribution >= 0.6 is 0 Å². The van der Waals surface area contributed by atoms with Gasteiger partial charge >= 0.3 is 0 Å². The summed E-state index contributed by atoms with van der Waals surface area (Å²) in [6.07, 6.45) is 3.61. The Morgan fingerprint density at radius 3 is 2.50 bits per heavy atom. The number of allylic oxidation sites excluding steroid dienone is 1. The van der Waals surface area contributed by atoms with Crippen LogP contribution in [0.2, 0.25) is 0 Å². The van der Waals surface area contributed by atoms with Gasteiger partial charge in [-0.2, -0.15) is 0 Å². The van der Waals surface area contributed by atoms with Crippen LogP contribution in [0, 0.1) is 0 Å². The molecule has 0 aromatic rings. The number of hydrogen-bond acceptors (Lipinski definition) is 2. The molecule has 0 aliphatic carbocycles. The van der Waals surface area contributed by atoms with Gasteiger partial charge in [-0.3, -0.25) is 0 Å². The molecule has 70 valence electrons. The molecule has 0 saturated carbocycles. The lowest BCUT2D eigenvalue weighted by Gasteiger charge is -2.34. The van der Waals surface area contributed by atoms with Gasteiger partial charge in [-0.25, -0.2) is 0 Å². The topological polar surface area (TPSA) is 15.3 Å². The lowest BCUT2D eigenvalue weighted by atomic mass is 10.0. The summed E-state index contributed by atoms with van der Waals surface area (Å²) in [4.78, 5) is 2.41. The highest BCUT2D eigenvalue weighted by molar-refractivity contribution is 4.95. The van der Waals surface area contributed by atoms with E-state index in [0.29, 0.717) is 0 Å². The van der Waals surface area contributed by atoms with Crippen molar-refractivity contribution < 1.29 is 0 Å². The van der Waals surface area contributed by atoms with Gasteiger partial charge in [-0.05, 0) is 26.3 Å². The highest BCUT2D eigenvalue weighted by atomic mass is 15.1. The Morgan fingerprint density at radius 1 is 1.50 bits per heavy atom. The first-order valence-electron chi connectivity index (χ1n) is 4.88. The lowest BCUT2D eigenvalue weighted by Crippen LogP contribution is -2.40. The minimum atomic E-state index is 0.728. The summed E-state index contributed by atoms with van der Waals surface area (Å²) >= 11 is 0. The summed E-state index contributed by atoms with van der Waals surface area (Å²) in [6.45, 7) is 8.58.